The van der Waals surface area contributed by atoms with Crippen LogP contribution >= 0.6 is 0 Å². The quantitative estimate of drug-likeness (QED) is 0.633. The highest BCUT2D eigenvalue weighted by molar-refractivity contribution is 6.78. The van der Waals surface area contributed by atoms with Crippen molar-refractivity contribution in [2.24, 2.45) is 0 Å². The van der Waals surface area contributed by atoms with E-state index in [0.29, 0.717) is 10.1 Å². The van der Waals surface area contributed by atoms with Gasteiger partial charge in [0.1, 0.15) is 0 Å². The van der Waals surface area contributed by atoms with Crippen molar-refractivity contribution in [1.82, 2.24) is 0 Å². The van der Waals surface area contributed by atoms with Crippen LogP contribution in [0.1, 0.15) is 41.5 Å². The first-order chi connectivity index (χ1) is 6.73. The van der Waals surface area contributed by atoms with Crippen LogP contribution in [-0.2, 0) is 0 Å². The van der Waals surface area contributed by atoms with Gasteiger partial charge < -0.3 is 0 Å². The summed E-state index contributed by atoms with van der Waals surface area (Å²) in [6.45, 7) is 14.3. The summed E-state index contributed by atoms with van der Waals surface area (Å²) >= 11 is 0. The van der Waals surface area contributed by atoms with Crippen LogP contribution in [0.5, 0.6) is 0 Å². The van der Waals surface area contributed by atoms with Gasteiger partial charge in [0.05, 0.1) is 8.80 Å². The monoisotopic (exact) mass is 220 g/mol. The van der Waals surface area contributed by atoms with E-state index in [2.05, 4.69) is 71.9 Å². The van der Waals surface area contributed by atoms with Crippen molar-refractivity contribution < 1.29 is 0 Å². The molecule has 0 heterocycles. The average Bonchev–Trinajstić information content (AvgIpc) is 2.00. The van der Waals surface area contributed by atoms with E-state index in [0.717, 1.165) is 0 Å². The van der Waals surface area contributed by atoms with Gasteiger partial charge in [0, 0.05) is 0 Å². The first-order valence-corrected chi connectivity index (χ1v) is 7.51. The molecule has 15 heavy (non-hydrogen) atoms. The predicted molar refractivity (Wildman–Crippen MR) is 72.7 cm³/mol. The molecule has 0 aliphatic heterocycles. The van der Waals surface area contributed by atoms with Gasteiger partial charge in [0.15, 0.2) is 0 Å². The summed E-state index contributed by atoms with van der Waals surface area (Å²) in [5, 5.41) is 2.48. The molecule has 0 amide bonds. The Kier molecular flexibility index (Phi) is 3.44. The van der Waals surface area contributed by atoms with Gasteiger partial charge in [-0.1, -0.05) is 77.1 Å². The molecule has 0 nitrogen and oxygen atoms in total. The van der Waals surface area contributed by atoms with Crippen LogP contribution in [0, 0.1) is 0 Å². The molecule has 0 bridgehead atoms. The molecule has 0 saturated heterocycles. The predicted octanol–water partition coefficient (Wildman–Crippen LogP) is 3.72. The van der Waals surface area contributed by atoms with Crippen molar-refractivity contribution in [2.45, 2.75) is 51.6 Å². The van der Waals surface area contributed by atoms with Crippen LogP contribution in [0.3, 0.4) is 0 Å². The van der Waals surface area contributed by atoms with Crippen molar-refractivity contribution in [3.63, 3.8) is 0 Å². The summed E-state index contributed by atoms with van der Waals surface area (Å²) in [6.07, 6.45) is 0. The fourth-order valence-electron chi connectivity index (χ4n) is 2.94. The van der Waals surface area contributed by atoms with Crippen molar-refractivity contribution in [3.8, 4) is 0 Å². The van der Waals surface area contributed by atoms with Gasteiger partial charge in [0.25, 0.3) is 0 Å². The zero-order valence-electron chi connectivity index (χ0n) is 11.0. The van der Waals surface area contributed by atoms with E-state index >= 15 is 0 Å². The summed E-state index contributed by atoms with van der Waals surface area (Å²) in [7, 11) is -0.969. The lowest BCUT2D eigenvalue weighted by atomic mass is 10.2. The molecule has 1 heteroatoms. The first kappa shape index (κ1) is 12.5. The first-order valence-electron chi connectivity index (χ1n) is 5.78. The fourth-order valence-corrected chi connectivity index (χ4v) is 8.15. The molecule has 0 spiro atoms. The zero-order chi connectivity index (χ0) is 11.7. The number of benzene rings is 1. The summed E-state index contributed by atoms with van der Waals surface area (Å²) < 4.78 is 0. The molecule has 1 aromatic carbocycles. The molecular formula is C14H24Si. The van der Waals surface area contributed by atoms with Gasteiger partial charge in [-0.25, -0.2) is 0 Å². The summed E-state index contributed by atoms with van der Waals surface area (Å²) in [4.78, 5) is 0. The Morgan fingerprint density at radius 3 is 1.47 bits per heavy atom. The lowest BCUT2D eigenvalue weighted by molar-refractivity contribution is 0.653. The normalized spacial score (nSPS) is 13.3. The molecule has 0 aliphatic carbocycles. The van der Waals surface area contributed by atoms with Gasteiger partial charge in [-0.3, -0.25) is 0 Å². The number of hydrogen-bond donors (Lipinski definition) is 0. The summed E-state index contributed by atoms with van der Waals surface area (Å²) in [5.41, 5.74) is 0. The van der Waals surface area contributed by atoms with E-state index < -0.39 is 8.80 Å². The zero-order valence-corrected chi connectivity index (χ0v) is 12.1. The molecule has 0 fully saturated rings. The van der Waals surface area contributed by atoms with E-state index in [4.69, 9.17) is 0 Å². The van der Waals surface area contributed by atoms with Gasteiger partial charge in [-0.15, -0.1) is 0 Å². The lowest BCUT2D eigenvalue weighted by Gasteiger charge is -2.39. The second-order valence-corrected chi connectivity index (χ2v) is 11.6. The summed E-state index contributed by atoms with van der Waals surface area (Å²) in [5.74, 6) is 0. The van der Waals surface area contributed by atoms with Crippen LogP contribution in [0.15, 0.2) is 30.3 Å². The maximum atomic E-state index is 2.39. The Bertz CT molecular complexity index is 286. The largest absolute Gasteiger partial charge is 0.0814 e. The van der Waals surface area contributed by atoms with Crippen LogP contribution in [-0.4, -0.2) is 8.80 Å². The summed E-state index contributed by atoms with van der Waals surface area (Å²) in [6, 6.07) is 11.1. The lowest BCUT2D eigenvalue weighted by Crippen LogP contribution is -2.45. The molecule has 0 radical (unpaired) electrons. The van der Waals surface area contributed by atoms with Gasteiger partial charge in [-0.05, 0) is 10.1 Å². The van der Waals surface area contributed by atoms with Crippen molar-refractivity contribution >= 4 is 14.0 Å². The molecular weight excluding hydrogens is 196 g/mol. The van der Waals surface area contributed by atoms with Crippen LogP contribution < -0.4 is 5.19 Å². The topological polar surface area (TPSA) is 0 Å². The Morgan fingerprint density at radius 2 is 1.13 bits per heavy atom. The third kappa shape index (κ3) is 3.20. The van der Waals surface area contributed by atoms with E-state index in [-0.39, 0.29) is 0 Å². The Morgan fingerprint density at radius 1 is 0.733 bits per heavy atom. The minimum absolute atomic E-state index is 0.444. The van der Waals surface area contributed by atoms with Crippen LogP contribution in [0.2, 0.25) is 10.1 Å². The molecule has 0 aromatic heterocycles. The standard InChI is InChI=1S/C14H24Si/c1-13(2,3)15(14(4,5)6)12-10-8-7-9-11-12/h7-11,15H,1-6H3. The van der Waals surface area contributed by atoms with Gasteiger partial charge in [-0.2, -0.15) is 0 Å². The van der Waals surface area contributed by atoms with E-state index in [9.17, 15) is 0 Å². The van der Waals surface area contributed by atoms with E-state index in [1.165, 1.54) is 0 Å². The maximum Gasteiger partial charge on any atom is 0.0814 e. The second kappa shape index (κ2) is 4.13. The van der Waals surface area contributed by atoms with E-state index in [1.54, 1.807) is 5.19 Å². The minimum atomic E-state index is -0.969. The Balaban J connectivity index is 3.15. The maximum absolute atomic E-state index is 2.39. The van der Waals surface area contributed by atoms with Crippen molar-refractivity contribution in [3.05, 3.63) is 30.3 Å². The number of hydrogen-bond acceptors (Lipinski definition) is 0. The highest BCUT2D eigenvalue weighted by Crippen LogP contribution is 2.41. The molecule has 0 saturated carbocycles. The third-order valence-electron chi connectivity index (χ3n) is 2.86. The third-order valence-corrected chi connectivity index (χ3v) is 7.38. The Hall–Kier alpha value is -0.563. The average molecular weight is 220 g/mol. The van der Waals surface area contributed by atoms with E-state index in [1.807, 2.05) is 0 Å². The van der Waals surface area contributed by atoms with Gasteiger partial charge in [0.2, 0.25) is 0 Å². The second-order valence-electron chi connectivity index (χ2n) is 6.58. The van der Waals surface area contributed by atoms with Crippen molar-refractivity contribution in [2.75, 3.05) is 0 Å². The van der Waals surface area contributed by atoms with Crippen molar-refractivity contribution in [1.29, 1.82) is 0 Å². The molecule has 0 aliphatic rings. The van der Waals surface area contributed by atoms with Crippen LogP contribution in [0.4, 0.5) is 0 Å². The molecule has 84 valence electrons. The number of rotatable bonds is 1. The SMILES string of the molecule is CC(C)(C)[SiH](c1ccccc1)C(C)(C)C. The minimum Gasteiger partial charge on any atom is -0.0633 e. The van der Waals surface area contributed by atoms with Gasteiger partial charge >= 0.3 is 0 Å². The molecule has 1 aromatic rings. The fraction of sp³-hybridized carbons (Fsp3) is 0.571. The van der Waals surface area contributed by atoms with Crippen LogP contribution in [0.25, 0.3) is 0 Å². The smallest absolute Gasteiger partial charge is 0.0633 e. The molecule has 1 rings (SSSR count). The highest BCUT2D eigenvalue weighted by Gasteiger charge is 2.37. The molecule has 0 atom stereocenters. The Labute approximate surface area is 96.3 Å². The molecule has 0 N–H and O–H groups in total. The molecule has 0 unspecified atom stereocenters. The highest BCUT2D eigenvalue weighted by atomic mass is 28.3.